The number of halogens is 1. The van der Waals surface area contributed by atoms with Crippen LogP contribution in [0.15, 0.2) is 76.0 Å². The van der Waals surface area contributed by atoms with Gasteiger partial charge in [-0.2, -0.15) is 0 Å². The normalized spacial score (nSPS) is 16.7. The summed E-state index contributed by atoms with van der Waals surface area (Å²) in [5.74, 6) is 0.129. The highest BCUT2D eigenvalue weighted by atomic mass is 32.2. The number of aliphatic imine (C=N–C) groups is 2. The fraction of sp³-hybridized carbons (Fsp3) is 0.167. The first-order valence-electron chi connectivity index (χ1n) is 10.3. The molecule has 1 aromatic heterocycles. The highest BCUT2D eigenvalue weighted by Crippen LogP contribution is 2.34. The minimum absolute atomic E-state index is 0.0335. The standard InChI is InChI=1S/C24H19FN4O2S2/c25-16-6-3-5-15(11-16)14-33-24-28-19-9-2-1-8-18(19)22-27-20(23(31)29(22)24)12-21(30)26-13-17-7-4-10-32-17/h1-11,20H,12-14H2,(H,26,30)/t20-/m0/s1. The molecule has 0 spiro atoms. The average molecular weight is 479 g/mol. The maximum absolute atomic E-state index is 13.6. The quantitative estimate of drug-likeness (QED) is 0.568. The Labute approximate surface area is 198 Å². The summed E-state index contributed by atoms with van der Waals surface area (Å²) in [4.78, 5) is 37.6. The third-order valence-corrected chi connectivity index (χ3v) is 7.11. The molecule has 5 rings (SSSR count). The van der Waals surface area contributed by atoms with Crippen molar-refractivity contribution in [2.75, 3.05) is 0 Å². The number of rotatable bonds is 6. The lowest BCUT2D eigenvalue weighted by molar-refractivity contribution is -0.128. The van der Waals surface area contributed by atoms with E-state index in [2.05, 4.69) is 15.3 Å². The fourth-order valence-electron chi connectivity index (χ4n) is 3.65. The summed E-state index contributed by atoms with van der Waals surface area (Å²) in [7, 11) is 0. The molecule has 2 aromatic carbocycles. The van der Waals surface area contributed by atoms with Crippen molar-refractivity contribution in [2.45, 2.75) is 24.8 Å². The predicted molar refractivity (Wildman–Crippen MR) is 129 cm³/mol. The van der Waals surface area contributed by atoms with Gasteiger partial charge in [0.15, 0.2) is 5.17 Å². The second-order valence-electron chi connectivity index (χ2n) is 7.53. The minimum atomic E-state index is -0.811. The van der Waals surface area contributed by atoms with Crippen molar-refractivity contribution in [2.24, 2.45) is 9.98 Å². The highest BCUT2D eigenvalue weighted by molar-refractivity contribution is 8.13. The van der Waals surface area contributed by atoms with E-state index in [0.29, 0.717) is 29.0 Å². The molecule has 3 heterocycles. The van der Waals surface area contributed by atoms with Crippen molar-refractivity contribution < 1.29 is 14.0 Å². The number of amidine groups is 2. The Hall–Kier alpha value is -3.30. The van der Waals surface area contributed by atoms with E-state index >= 15 is 0 Å². The van der Waals surface area contributed by atoms with E-state index in [4.69, 9.17) is 0 Å². The Morgan fingerprint density at radius 2 is 2.03 bits per heavy atom. The molecule has 0 unspecified atom stereocenters. The van der Waals surface area contributed by atoms with Crippen molar-refractivity contribution in [3.8, 4) is 0 Å². The molecule has 2 aliphatic rings. The first-order chi connectivity index (χ1) is 16.1. The Morgan fingerprint density at radius 1 is 1.15 bits per heavy atom. The molecule has 0 radical (unpaired) electrons. The van der Waals surface area contributed by atoms with Crippen LogP contribution >= 0.6 is 23.1 Å². The maximum atomic E-state index is 13.6. The van der Waals surface area contributed by atoms with Crippen LogP contribution in [0.3, 0.4) is 0 Å². The molecule has 1 N–H and O–H groups in total. The van der Waals surface area contributed by atoms with Gasteiger partial charge < -0.3 is 5.32 Å². The number of hydrogen-bond acceptors (Lipinski definition) is 6. The molecule has 0 bridgehead atoms. The van der Waals surface area contributed by atoms with Gasteiger partial charge in [0.1, 0.15) is 17.7 Å². The lowest BCUT2D eigenvalue weighted by atomic mass is 10.1. The molecule has 0 saturated carbocycles. The summed E-state index contributed by atoms with van der Waals surface area (Å²) in [6.45, 7) is 0.427. The summed E-state index contributed by atoms with van der Waals surface area (Å²) in [6.07, 6.45) is -0.0335. The van der Waals surface area contributed by atoms with Crippen LogP contribution in [0.5, 0.6) is 0 Å². The number of nitrogens with zero attached hydrogens (tertiary/aromatic N) is 3. The van der Waals surface area contributed by atoms with Crippen molar-refractivity contribution in [1.29, 1.82) is 0 Å². The van der Waals surface area contributed by atoms with E-state index < -0.39 is 6.04 Å². The van der Waals surface area contributed by atoms with Gasteiger partial charge in [-0.3, -0.25) is 14.6 Å². The van der Waals surface area contributed by atoms with Crippen LogP contribution in [0.2, 0.25) is 0 Å². The molecular formula is C24H19FN4O2S2. The molecule has 0 saturated heterocycles. The maximum Gasteiger partial charge on any atom is 0.259 e. The van der Waals surface area contributed by atoms with Crippen molar-refractivity contribution in [3.05, 3.63) is 87.9 Å². The van der Waals surface area contributed by atoms with E-state index in [1.165, 1.54) is 28.8 Å². The largest absolute Gasteiger partial charge is 0.351 e. The van der Waals surface area contributed by atoms with Crippen molar-refractivity contribution in [1.82, 2.24) is 10.2 Å². The molecule has 6 nitrogen and oxygen atoms in total. The molecule has 0 aliphatic carbocycles. The fourth-order valence-corrected chi connectivity index (χ4v) is 5.24. The third kappa shape index (κ3) is 4.60. The topological polar surface area (TPSA) is 74.1 Å². The Bertz CT molecular complexity index is 1270. The highest BCUT2D eigenvalue weighted by Gasteiger charge is 2.42. The molecule has 2 amide bonds. The van der Waals surface area contributed by atoms with Gasteiger partial charge in [-0.25, -0.2) is 14.3 Å². The molecule has 1 atom stereocenters. The number of hydrogen-bond donors (Lipinski definition) is 1. The summed E-state index contributed by atoms with van der Waals surface area (Å²) in [5.41, 5.74) is 2.25. The van der Waals surface area contributed by atoms with Crippen LogP contribution in [-0.4, -0.2) is 33.8 Å². The van der Waals surface area contributed by atoms with Crippen LogP contribution < -0.4 is 5.32 Å². The number of amides is 2. The van der Waals surface area contributed by atoms with E-state index in [9.17, 15) is 14.0 Å². The zero-order valence-corrected chi connectivity index (χ0v) is 19.0. The van der Waals surface area contributed by atoms with Crippen molar-refractivity contribution in [3.63, 3.8) is 0 Å². The first kappa shape index (κ1) is 21.5. The summed E-state index contributed by atoms with van der Waals surface area (Å²) in [6, 6.07) is 16.9. The number of benzene rings is 2. The number of thiophene rings is 1. The number of fused-ring (bicyclic) bond motifs is 3. The Morgan fingerprint density at radius 3 is 2.85 bits per heavy atom. The average Bonchev–Trinajstić information content (AvgIpc) is 3.45. The van der Waals surface area contributed by atoms with Gasteiger partial charge in [0, 0.05) is 16.2 Å². The Balaban J connectivity index is 1.35. The SMILES string of the molecule is O=C(C[C@@H]1N=C2c3ccccc3N=C(SCc3cccc(F)c3)N2C1=O)NCc1cccs1. The van der Waals surface area contributed by atoms with Crippen LogP contribution in [0.4, 0.5) is 10.1 Å². The summed E-state index contributed by atoms with van der Waals surface area (Å²) >= 11 is 2.90. The zero-order chi connectivity index (χ0) is 22.8. The number of carbonyl (C=O) groups is 2. The summed E-state index contributed by atoms with van der Waals surface area (Å²) in [5, 5.41) is 5.28. The van der Waals surface area contributed by atoms with Gasteiger partial charge >= 0.3 is 0 Å². The second-order valence-corrected chi connectivity index (χ2v) is 9.51. The van der Waals surface area contributed by atoms with Gasteiger partial charge in [-0.15, -0.1) is 11.3 Å². The van der Waals surface area contributed by atoms with E-state index in [-0.39, 0.29) is 24.1 Å². The van der Waals surface area contributed by atoms with E-state index in [1.807, 2.05) is 47.8 Å². The second kappa shape index (κ2) is 9.29. The smallest absolute Gasteiger partial charge is 0.259 e. The number of para-hydroxylation sites is 1. The van der Waals surface area contributed by atoms with Gasteiger partial charge in [0.05, 0.1) is 18.7 Å². The lowest BCUT2D eigenvalue weighted by Crippen LogP contribution is -2.42. The Kier molecular flexibility index (Phi) is 6.06. The predicted octanol–water partition coefficient (Wildman–Crippen LogP) is 4.49. The number of nitrogens with one attached hydrogen (secondary N) is 1. The summed E-state index contributed by atoms with van der Waals surface area (Å²) < 4.78 is 13.6. The lowest BCUT2D eigenvalue weighted by Gasteiger charge is -2.25. The zero-order valence-electron chi connectivity index (χ0n) is 17.4. The van der Waals surface area contributed by atoms with Crippen LogP contribution in [0, 0.1) is 5.82 Å². The molecule has 3 aromatic rings. The van der Waals surface area contributed by atoms with Gasteiger partial charge in [-0.05, 0) is 41.3 Å². The number of carbonyl (C=O) groups excluding carboxylic acids is 2. The van der Waals surface area contributed by atoms with Crippen LogP contribution in [0.1, 0.15) is 22.4 Å². The van der Waals surface area contributed by atoms with Crippen LogP contribution in [0.25, 0.3) is 0 Å². The van der Waals surface area contributed by atoms with Gasteiger partial charge in [0.2, 0.25) is 5.91 Å². The first-order valence-corrected chi connectivity index (χ1v) is 12.2. The van der Waals surface area contributed by atoms with Gasteiger partial charge in [0.25, 0.3) is 5.91 Å². The van der Waals surface area contributed by atoms with Crippen LogP contribution in [-0.2, 0) is 21.9 Å². The molecule has 166 valence electrons. The van der Waals surface area contributed by atoms with Crippen molar-refractivity contribution >= 4 is 51.6 Å². The third-order valence-electron chi connectivity index (χ3n) is 5.22. The monoisotopic (exact) mass is 478 g/mol. The molecular weight excluding hydrogens is 459 g/mol. The molecule has 0 fully saturated rings. The number of thioether (sulfide) groups is 1. The van der Waals surface area contributed by atoms with Gasteiger partial charge in [-0.1, -0.05) is 42.1 Å². The molecule has 33 heavy (non-hydrogen) atoms. The van der Waals surface area contributed by atoms with E-state index in [1.54, 1.807) is 17.4 Å². The van der Waals surface area contributed by atoms with E-state index in [0.717, 1.165) is 16.0 Å². The minimum Gasteiger partial charge on any atom is -0.351 e. The molecule has 2 aliphatic heterocycles. The molecule has 9 heteroatoms.